The third-order valence-corrected chi connectivity index (χ3v) is 3.02. The summed E-state index contributed by atoms with van der Waals surface area (Å²) in [6, 6.07) is 15.0. The Morgan fingerprint density at radius 3 is 2.35 bits per heavy atom. The van der Waals surface area contributed by atoms with Crippen LogP contribution in [0.15, 0.2) is 54.6 Å². The topological polar surface area (TPSA) is 55.1 Å². The van der Waals surface area contributed by atoms with E-state index in [0.717, 1.165) is 11.1 Å². The molecule has 0 aliphatic carbocycles. The summed E-state index contributed by atoms with van der Waals surface area (Å²) < 4.78 is 12.8. The quantitative estimate of drug-likeness (QED) is 0.875. The number of hydrogen-bond acceptors (Lipinski definition) is 2. The summed E-state index contributed by atoms with van der Waals surface area (Å²) in [5.74, 6) is -0.506. The second kappa shape index (κ2) is 6.82. The first-order valence-corrected chi connectivity index (χ1v) is 6.47. The maximum Gasteiger partial charge on any atom is 0.237 e. The average molecular weight is 272 g/mol. The Morgan fingerprint density at radius 2 is 1.70 bits per heavy atom. The molecule has 0 heterocycles. The molecule has 104 valence electrons. The average Bonchev–Trinajstić information content (AvgIpc) is 2.48. The van der Waals surface area contributed by atoms with Gasteiger partial charge in [-0.05, 0) is 29.7 Å². The predicted molar refractivity (Wildman–Crippen MR) is 76.4 cm³/mol. The number of carbonyl (C=O) groups is 1. The van der Waals surface area contributed by atoms with Gasteiger partial charge in [0.15, 0.2) is 0 Å². The molecule has 0 saturated heterocycles. The molecule has 0 fully saturated rings. The Morgan fingerprint density at radius 1 is 1.05 bits per heavy atom. The fraction of sp³-hybridized carbons (Fsp3) is 0.188. The smallest absolute Gasteiger partial charge is 0.237 e. The molecule has 1 atom stereocenters. The molecule has 1 unspecified atom stereocenters. The molecule has 3 N–H and O–H groups in total. The first-order chi connectivity index (χ1) is 9.65. The van der Waals surface area contributed by atoms with Crippen LogP contribution in [0.5, 0.6) is 0 Å². The summed E-state index contributed by atoms with van der Waals surface area (Å²) in [7, 11) is 0. The van der Waals surface area contributed by atoms with E-state index in [1.165, 1.54) is 12.1 Å². The minimum absolute atomic E-state index is 0.210. The minimum Gasteiger partial charge on any atom is -0.351 e. The summed E-state index contributed by atoms with van der Waals surface area (Å²) in [6.07, 6.45) is 0.390. The zero-order chi connectivity index (χ0) is 14.4. The van der Waals surface area contributed by atoms with Crippen molar-refractivity contribution in [2.75, 3.05) is 0 Å². The van der Waals surface area contributed by atoms with Crippen molar-refractivity contribution < 1.29 is 9.18 Å². The fourth-order valence-corrected chi connectivity index (χ4v) is 1.88. The van der Waals surface area contributed by atoms with Gasteiger partial charge in [-0.25, -0.2) is 4.39 Å². The van der Waals surface area contributed by atoms with Crippen LogP contribution in [-0.2, 0) is 17.8 Å². The lowest BCUT2D eigenvalue weighted by molar-refractivity contribution is -0.122. The number of benzene rings is 2. The van der Waals surface area contributed by atoms with Crippen LogP contribution in [0.2, 0.25) is 0 Å². The van der Waals surface area contributed by atoms with Gasteiger partial charge >= 0.3 is 0 Å². The van der Waals surface area contributed by atoms with Crippen molar-refractivity contribution in [1.29, 1.82) is 0 Å². The van der Waals surface area contributed by atoms with E-state index in [1.54, 1.807) is 12.1 Å². The number of nitrogens with two attached hydrogens (primary N) is 1. The van der Waals surface area contributed by atoms with Crippen molar-refractivity contribution in [1.82, 2.24) is 5.32 Å². The summed E-state index contributed by atoms with van der Waals surface area (Å²) in [6.45, 7) is 0.455. The Kier molecular flexibility index (Phi) is 4.85. The second-order valence-electron chi connectivity index (χ2n) is 4.64. The molecule has 0 radical (unpaired) electrons. The van der Waals surface area contributed by atoms with Gasteiger partial charge in [-0.3, -0.25) is 4.79 Å². The number of rotatable bonds is 5. The molecule has 0 spiro atoms. The maximum absolute atomic E-state index is 12.8. The van der Waals surface area contributed by atoms with Gasteiger partial charge in [-0.15, -0.1) is 0 Å². The normalized spacial score (nSPS) is 11.9. The third kappa shape index (κ3) is 4.17. The summed E-state index contributed by atoms with van der Waals surface area (Å²) in [5.41, 5.74) is 7.71. The molecular weight excluding hydrogens is 255 g/mol. The van der Waals surface area contributed by atoms with Crippen molar-refractivity contribution in [3.63, 3.8) is 0 Å². The lowest BCUT2D eigenvalue weighted by atomic mass is 10.1. The highest BCUT2D eigenvalue weighted by Crippen LogP contribution is 2.05. The van der Waals surface area contributed by atoms with Crippen molar-refractivity contribution >= 4 is 5.91 Å². The molecule has 4 heteroatoms. The monoisotopic (exact) mass is 272 g/mol. The van der Waals surface area contributed by atoms with Gasteiger partial charge in [0.25, 0.3) is 0 Å². The molecule has 2 aromatic carbocycles. The zero-order valence-corrected chi connectivity index (χ0v) is 11.1. The van der Waals surface area contributed by atoms with Gasteiger partial charge in [-0.2, -0.15) is 0 Å². The van der Waals surface area contributed by atoms with E-state index in [-0.39, 0.29) is 11.7 Å². The molecular formula is C16H17FN2O. The van der Waals surface area contributed by atoms with E-state index in [1.807, 2.05) is 30.3 Å². The molecule has 0 aliphatic heterocycles. The zero-order valence-electron chi connectivity index (χ0n) is 11.1. The highest BCUT2D eigenvalue weighted by molar-refractivity contribution is 5.81. The molecule has 0 aliphatic rings. The number of carbonyl (C=O) groups excluding carboxylic acids is 1. The fourth-order valence-electron chi connectivity index (χ4n) is 1.88. The van der Waals surface area contributed by atoms with Crippen LogP contribution in [0.4, 0.5) is 4.39 Å². The highest BCUT2D eigenvalue weighted by Gasteiger charge is 2.13. The van der Waals surface area contributed by atoms with Crippen LogP contribution in [0.3, 0.4) is 0 Å². The predicted octanol–water partition coefficient (Wildman–Crippen LogP) is 2.01. The van der Waals surface area contributed by atoms with Crippen molar-refractivity contribution in [3.8, 4) is 0 Å². The molecule has 1 amide bonds. The number of amides is 1. The van der Waals surface area contributed by atoms with E-state index in [4.69, 9.17) is 5.73 Å². The minimum atomic E-state index is -0.635. The van der Waals surface area contributed by atoms with Gasteiger partial charge in [0.1, 0.15) is 5.82 Å². The van der Waals surface area contributed by atoms with Crippen molar-refractivity contribution in [3.05, 3.63) is 71.5 Å². The van der Waals surface area contributed by atoms with Crippen molar-refractivity contribution in [2.24, 2.45) is 5.73 Å². The summed E-state index contributed by atoms with van der Waals surface area (Å²) >= 11 is 0. The lowest BCUT2D eigenvalue weighted by Gasteiger charge is -2.12. The Bertz CT molecular complexity index is 554. The summed E-state index contributed by atoms with van der Waals surface area (Å²) in [4.78, 5) is 11.9. The molecule has 20 heavy (non-hydrogen) atoms. The third-order valence-electron chi connectivity index (χ3n) is 3.02. The SMILES string of the molecule is NC(Cc1ccc(F)cc1)C(=O)NCc1ccccc1. The molecule has 3 nitrogen and oxygen atoms in total. The Balaban J connectivity index is 1.84. The van der Waals surface area contributed by atoms with E-state index < -0.39 is 6.04 Å². The van der Waals surface area contributed by atoms with E-state index in [2.05, 4.69) is 5.32 Å². The number of halogens is 1. The molecule has 2 aromatic rings. The van der Waals surface area contributed by atoms with Crippen LogP contribution < -0.4 is 11.1 Å². The van der Waals surface area contributed by atoms with Gasteiger partial charge in [0.05, 0.1) is 6.04 Å². The lowest BCUT2D eigenvalue weighted by Crippen LogP contribution is -2.41. The first kappa shape index (κ1) is 14.2. The van der Waals surface area contributed by atoms with E-state index >= 15 is 0 Å². The standard InChI is InChI=1S/C16H17FN2O/c17-14-8-6-12(7-9-14)10-15(18)16(20)19-11-13-4-2-1-3-5-13/h1-9,15H,10-11,18H2,(H,19,20). The number of hydrogen-bond donors (Lipinski definition) is 2. The first-order valence-electron chi connectivity index (χ1n) is 6.47. The largest absolute Gasteiger partial charge is 0.351 e. The molecule has 0 bridgehead atoms. The van der Waals surface area contributed by atoms with Crippen LogP contribution in [-0.4, -0.2) is 11.9 Å². The van der Waals surface area contributed by atoms with Crippen LogP contribution >= 0.6 is 0 Å². The number of nitrogens with one attached hydrogen (secondary N) is 1. The molecule has 2 rings (SSSR count). The Hall–Kier alpha value is -2.20. The van der Waals surface area contributed by atoms with Crippen LogP contribution in [0, 0.1) is 5.82 Å². The van der Waals surface area contributed by atoms with Crippen molar-refractivity contribution in [2.45, 2.75) is 19.0 Å². The second-order valence-corrected chi connectivity index (χ2v) is 4.64. The molecule has 0 saturated carbocycles. The van der Waals surface area contributed by atoms with Crippen LogP contribution in [0.1, 0.15) is 11.1 Å². The van der Waals surface area contributed by atoms with Gasteiger partial charge in [-0.1, -0.05) is 42.5 Å². The maximum atomic E-state index is 12.8. The Labute approximate surface area is 117 Å². The highest BCUT2D eigenvalue weighted by atomic mass is 19.1. The van der Waals surface area contributed by atoms with Gasteiger partial charge in [0.2, 0.25) is 5.91 Å². The molecule has 0 aromatic heterocycles. The van der Waals surface area contributed by atoms with E-state index in [9.17, 15) is 9.18 Å². The summed E-state index contributed by atoms with van der Waals surface area (Å²) in [5, 5.41) is 2.79. The van der Waals surface area contributed by atoms with Gasteiger partial charge < -0.3 is 11.1 Å². The van der Waals surface area contributed by atoms with Gasteiger partial charge in [0, 0.05) is 6.54 Å². The van der Waals surface area contributed by atoms with Crippen LogP contribution in [0.25, 0.3) is 0 Å². The van der Waals surface area contributed by atoms with E-state index in [0.29, 0.717) is 13.0 Å².